The number of para-hydroxylation sites is 2. The number of aromatic amines is 1. The molecule has 0 saturated carbocycles. The summed E-state index contributed by atoms with van der Waals surface area (Å²) in [6.07, 6.45) is 0.677. The second-order valence-corrected chi connectivity index (χ2v) is 6.01. The van der Waals surface area contributed by atoms with Crippen LogP contribution in [0, 0.1) is 11.3 Å². The molecule has 2 N–H and O–H groups in total. The molecule has 0 radical (unpaired) electrons. The topological polar surface area (TPSA) is 108 Å². The summed E-state index contributed by atoms with van der Waals surface area (Å²) < 4.78 is 11.0. The van der Waals surface area contributed by atoms with Crippen LogP contribution in [0.1, 0.15) is 25.2 Å². The lowest BCUT2D eigenvalue weighted by Crippen LogP contribution is -2.23. The molecule has 7 nitrogen and oxygen atoms in total. The fraction of sp³-hybridized carbons (Fsp3) is 0.190. The van der Waals surface area contributed by atoms with Crippen molar-refractivity contribution in [1.29, 1.82) is 5.26 Å². The van der Waals surface area contributed by atoms with Gasteiger partial charge in [-0.25, -0.2) is 9.78 Å². The third kappa shape index (κ3) is 4.13. The Morgan fingerprint density at radius 1 is 1.32 bits per heavy atom. The number of rotatable bonds is 7. The number of nitriles is 1. The summed E-state index contributed by atoms with van der Waals surface area (Å²) in [6, 6.07) is 14.8. The number of carboxylic acid groups (broad SMARTS) is 1. The number of nitrogens with zero attached hydrogens (tertiary/aromatic N) is 2. The van der Waals surface area contributed by atoms with Gasteiger partial charge in [-0.15, -0.1) is 0 Å². The van der Waals surface area contributed by atoms with E-state index in [2.05, 4.69) is 16.0 Å². The van der Waals surface area contributed by atoms with Crippen LogP contribution in [0.2, 0.25) is 0 Å². The van der Waals surface area contributed by atoms with Gasteiger partial charge >= 0.3 is 5.97 Å². The molecule has 1 atom stereocenters. The van der Waals surface area contributed by atoms with Crippen LogP contribution in [0.4, 0.5) is 0 Å². The molecular weight excluding hydrogens is 358 g/mol. The lowest BCUT2D eigenvalue weighted by atomic mass is 10.1. The van der Waals surface area contributed by atoms with Crippen LogP contribution in [-0.4, -0.2) is 33.8 Å². The summed E-state index contributed by atoms with van der Waals surface area (Å²) in [5, 5.41) is 18.6. The van der Waals surface area contributed by atoms with E-state index in [-0.39, 0.29) is 0 Å². The molecule has 0 spiro atoms. The lowest BCUT2D eigenvalue weighted by molar-refractivity contribution is -0.144. The molecule has 1 aromatic heterocycles. The number of imidazole rings is 1. The third-order valence-corrected chi connectivity index (χ3v) is 4.00. The maximum absolute atomic E-state index is 11.0. The first-order chi connectivity index (χ1) is 13.5. The molecule has 0 aliphatic heterocycles. The predicted molar refractivity (Wildman–Crippen MR) is 105 cm³/mol. The number of benzene rings is 2. The van der Waals surface area contributed by atoms with Gasteiger partial charge in [-0.1, -0.05) is 18.2 Å². The summed E-state index contributed by atoms with van der Waals surface area (Å²) in [4.78, 5) is 18.6. The lowest BCUT2D eigenvalue weighted by Gasteiger charge is -2.15. The number of aliphatic carboxylic acids is 1. The number of fused-ring (bicyclic) bond motifs is 1. The summed E-state index contributed by atoms with van der Waals surface area (Å²) in [7, 11) is 0. The van der Waals surface area contributed by atoms with Gasteiger partial charge < -0.3 is 19.6 Å². The number of carboxylic acids is 1. The molecule has 28 heavy (non-hydrogen) atoms. The standard InChI is InChI=1S/C21H19N3O4/c1-3-27-19-11-14(8-9-18(19)28-13(2)21(25)26)10-15(12-22)20-23-16-6-4-5-7-17(16)24-20/h4-11,13H,3H2,1-2H3,(H,23,24)(H,25,26)/b15-10+/t13-/m0/s1. The van der Waals surface area contributed by atoms with Crippen molar-refractivity contribution in [3.63, 3.8) is 0 Å². The fourth-order valence-corrected chi connectivity index (χ4v) is 2.62. The molecule has 1 heterocycles. The van der Waals surface area contributed by atoms with E-state index in [1.807, 2.05) is 31.2 Å². The van der Waals surface area contributed by atoms with Crippen molar-refractivity contribution in [3.05, 3.63) is 53.9 Å². The van der Waals surface area contributed by atoms with Gasteiger partial charge in [-0.05, 0) is 49.8 Å². The van der Waals surface area contributed by atoms with Crippen LogP contribution in [0.25, 0.3) is 22.7 Å². The molecule has 0 saturated heterocycles. The maximum atomic E-state index is 11.0. The van der Waals surface area contributed by atoms with Gasteiger partial charge in [0.15, 0.2) is 17.6 Å². The Morgan fingerprint density at radius 3 is 2.79 bits per heavy atom. The molecule has 0 aliphatic carbocycles. The predicted octanol–water partition coefficient (Wildman–Crippen LogP) is 3.88. The molecule has 3 rings (SSSR count). The van der Waals surface area contributed by atoms with Crippen molar-refractivity contribution in [2.75, 3.05) is 6.61 Å². The van der Waals surface area contributed by atoms with E-state index < -0.39 is 12.1 Å². The highest BCUT2D eigenvalue weighted by molar-refractivity contribution is 5.90. The number of allylic oxidation sites excluding steroid dienone is 1. The molecule has 0 unspecified atom stereocenters. The minimum atomic E-state index is -1.07. The van der Waals surface area contributed by atoms with Crippen molar-refractivity contribution >= 4 is 28.7 Å². The van der Waals surface area contributed by atoms with Gasteiger partial charge in [0, 0.05) is 0 Å². The van der Waals surface area contributed by atoms with Crippen molar-refractivity contribution in [1.82, 2.24) is 9.97 Å². The fourth-order valence-electron chi connectivity index (χ4n) is 2.62. The quantitative estimate of drug-likeness (QED) is 0.605. The minimum Gasteiger partial charge on any atom is -0.490 e. The van der Waals surface area contributed by atoms with Crippen molar-refractivity contribution in [2.45, 2.75) is 20.0 Å². The van der Waals surface area contributed by atoms with Crippen molar-refractivity contribution < 1.29 is 19.4 Å². The van der Waals surface area contributed by atoms with Crippen LogP contribution >= 0.6 is 0 Å². The monoisotopic (exact) mass is 377 g/mol. The van der Waals surface area contributed by atoms with Gasteiger partial charge in [0.1, 0.15) is 11.9 Å². The average Bonchev–Trinajstić information content (AvgIpc) is 3.12. The first-order valence-electron chi connectivity index (χ1n) is 8.75. The molecule has 0 aliphatic rings. The highest BCUT2D eigenvalue weighted by Gasteiger charge is 2.16. The van der Waals surface area contributed by atoms with E-state index in [1.54, 1.807) is 24.3 Å². The molecule has 142 valence electrons. The maximum Gasteiger partial charge on any atom is 0.344 e. The zero-order chi connectivity index (χ0) is 20.1. The van der Waals surface area contributed by atoms with E-state index in [4.69, 9.17) is 14.6 Å². The first kappa shape index (κ1) is 19.0. The first-order valence-corrected chi connectivity index (χ1v) is 8.75. The van der Waals surface area contributed by atoms with E-state index in [1.165, 1.54) is 6.92 Å². The average molecular weight is 377 g/mol. The van der Waals surface area contributed by atoms with Crippen LogP contribution in [-0.2, 0) is 4.79 Å². The van der Waals surface area contributed by atoms with Crippen LogP contribution in [0.5, 0.6) is 11.5 Å². The zero-order valence-corrected chi connectivity index (χ0v) is 15.5. The summed E-state index contributed by atoms with van der Waals surface area (Å²) >= 11 is 0. The van der Waals surface area contributed by atoms with Crippen LogP contribution in [0.3, 0.4) is 0 Å². The molecule has 0 amide bonds. The third-order valence-electron chi connectivity index (χ3n) is 4.00. The Bertz CT molecular complexity index is 1050. The van der Waals surface area contributed by atoms with Crippen molar-refractivity contribution in [3.8, 4) is 17.6 Å². The van der Waals surface area contributed by atoms with Crippen LogP contribution in [0.15, 0.2) is 42.5 Å². The molecule has 0 fully saturated rings. The number of H-pyrrole nitrogens is 1. The normalized spacial score (nSPS) is 12.4. The van der Waals surface area contributed by atoms with E-state index in [0.29, 0.717) is 35.1 Å². The van der Waals surface area contributed by atoms with Crippen molar-refractivity contribution in [2.24, 2.45) is 0 Å². The minimum absolute atomic E-state index is 0.330. The second-order valence-electron chi connectivity index (χ2n) is 6.01. The Labute approximate surface area is 161 Å². The van der Waals surface area contributed by atoms with Gasteiger partial charge in [0.05, 0.1) is 23.2 Å². The van der Waals surface area contributed by atoms with E-state index in [9.17, 15) is 10.1 Å². The Kier molecular flexibility index (Phi) is 5.61. The molecular formula is C21H19N3O4. The van der Waals surface area contributed by atoms with E-state index >= 15 is 0 Å². The highest BCUT2D eigenvalue weighted by Crippen LogP contribution is 2.31. The smallest absolute Gasteiger partial charge is 0.344 e. The number of hydrogen-bond acceptors (Lipinski definition) is 5. The number of hydrogen-bond donors (Lipinski definition) is 2. The molecule has 2 aromatic carbocycles. The Morgan fingerprint density at radius 2 is 2.11 bits per heavy atom. The van der Waals surface area contributed by atoms with Gasteiger partial charge in [0.2, 0.25) is 0 Å². The largest absolute Gasteiger partial charge is 0.490 e. The number of ether oxygens (including phenoxy) is 2. The number of carbonyl (C=O) groups is 1. The Hall–Kier alpha value is -3.79. The summed E-state index contributed by atoms with van der Waals surface area (Å²) in [5.41, 5.74) is 2.70. The highest BCUT2D eigenvalue weighted by atomic mass is 16.5. The van der Waals surface area contributed by atoms with Gasteiger partial charge in [-0.3, -0.25) is 0 Å². The second kappa shape index (κ2) is 8.27. The SMILES string of the molecule is CCOc1cc(/C=C(\C#N)c2nc3ccccc3[nH]2)ccc1O[C@@H](C)C(=O)O. The van der Waals surface area contributed by atoms with E-state index in [0.717, 1.165) is 11.0 Å². The van der Waals surface area contributed by atoms with Gasteiger partial charge in [-0.2, -0.15) is 5.26 Å². The number of nitrogens with one attached hydrogen (secondary N) is 1. The molecule has 0 bridgehead atoms. The summed E-state index contributed by atoms with van der Waals surface area (Å²) in [5.74, 6) is 0.145. The zero-order valence-electron chi connectivity index (χ0n) is 15.5. The van der Waals surface area contributed by atoms with Gasteiger partial charge in [0.25, 0.3) is 0 Å². The Balaban J connectivity index is 1.95. The molecule has 7 heteroatoms. The molecule has 3 aromatic rings. The number of aromatic nitrogens is 2. The van der Waals surface area contributed by atoms with Crippen LogP contribution < -0.4 is 9.47 Å². The summed E-state index contributed by atoms with van der Waals surface area (Å²) in [6.45, 7) is 3.66.